The molecule has 2 aromatic rings. The van der Waals surface area contributed by atoms with Crippen molar-refractivity contribution in [3.8, 4) is 5.75 Å². The maximum atomic E-state index is 13.0. The SMILES string of the molecule is Cc1ccc2c(c1)OC(C)(C)CC2NC(=O)c1cccc(N2CCCC2=O)c1. The molecule has 0 spiro atoms. The summed E-state index contributed by atoms with van der Waals surface area (Å²) in [5.41, 5.74) is 3.13. The van der Waals surface area contributed by atoms with Gasteiger partial charge in [0.2, 0.25) is 5.91 Å². The lowest BCUT2D eigenvalue weighted by molar-refractivity contribution is -0.117. The van der Waals surface area contributed by atoms with E-state index >= 15 is 0 Å². The fourth-order valence-electron chi connectivity index (χ4n) is 4.07. The Balaban J connectivity index is 1.58. The number of hydrogen-bond donors (Lipinski definition) is 1. The molecule has 4 rings (SSSR count). The lowest BCUT2D eigenvalue weighted by Gasteiger charge is -2.38. The van der Waals surface area contributed by atoms with Crippen LogP contribution in [0.5, 0.6) is 5.75 Å². The zero-order valence-corrected chi connectivity index (χ0v) is 16.6. The van der Waals surface area contributed by atoms with E-state index in [0.717, 1.165) is 29.0 Å². The average Bonchev–Trinajstić information content (AvgIpc) is 3.06. The predicted molar refractivity (Wildman–Crippen MR) is 109 cm³/mol. The van der Waals surface area contributed by atoms with Crippen molar-refractivity contribution in [1.82, 2.24) is 5.32 Å². The third-order valence-corrected chi connectivity index (χ3v) is 5.43. The van der Waals surface area contributed by atoms with Crippen LogP contribution in [0.2, 0.25) is 0 Å². The number of fused-ring (bicyclic) bond motifs is 1. The third kappa shape index (κ3) is 3.61. The Morgan fingerprint density at radius 1 is 1.21 bits per heavy atom. The molecule has 1 fully saturated rings. The van der Waals surface area contributed by atoms with E-state index in [1.807, 2.05) is 51.1 Å². The van der Waals surface area contributed by atoms with Crippen LogP contribution in [0.3, 0.4) is 0 Å². The van der Waals surface area contributed by atoms with E-state index in [0.29, 0.717) is 24.9 Å². The summed E-state index contributed by atoms with van der Waals surface area (Å²) in [6.07, 6.45) is 2.13. The number of aryl methyl sites for hydroxylation is 1. The van der Waals surface area contributed by atoms with Crippen molar-refractivity contribution >= 4 is 17.5 Å². The highest BCUT2D eigenvalue weighted by molar-refractivity contribution is 5.99. The smallest absolute Gasteiger partial charge is 0.251 e. The predicted octanol–water partition coefficient (Wildman–Crippen LogP) is 4.15. The Hall–Kier alpha value is -2.82. The first-order valence-electron chi connectivity index (χ1n) is 9.83. The fraction of sp³-hybridized carbons (Fsp3) is 0.391. The highest BCUT2D eigenvalue weighted by Crippen LogP contribution is 2.40. The van der Waals surface area contributed by atoms with E-state index in [1.165, 1.54) is 0 Å². The van der Waals surface area contributed by atoms with Crippen LogP contribution in [-0.4, -0.2) is 24.0 Å². The fourth-order valence-corrected chi connectivity index (χ4v) is 4.07. The van der Waals surface area contributed by atoms with Gasteiger partial charge in [0, 0.05) is 36.2 Å². The number of hydrogen-bond acceptors (Lipinski definition) is 3. The molecular formula is C23H26N2O3. The monoisotopic (exact) mass is 378 g/mol. The largest absolute Gasteiger partial charge is 0.487 e. The van der Waals surface area contributed by atoms with Gasteiger partial charge in [0.25, 0.3) is 5.91 Å². The number of ether oxygens (including phenoxy) is 1. The van der Waals surface area contributed by atoms with Gasteiger partial charge < -0.3 is 15.0 Å². The normalized spacial score (nSPS) is 20.5. The topological polar surface area (TPSA) is 58.6 Å². The molecular weight excluding hydrogens is 352 g/mol. The van der Waals surface area contributed by atoms with Crippen LogP contribution in [0, 0.1) is 6.92 Å². The molecule has 5 nitrogen and oxygen atoms in total. The molecule has 2 heterocycles. The maximum Gasteiger partial charge on any atom is 0.251 e. The third-order valence-electron chi connectivity index (χ3n) is 5.43. The molecule has 2 aliphatic heterocycles. The quantitative estimate of drug-likeness (QED) is 0.873. The number of carbonyl (C=O) groups is 2. The van der Waals surface area contributed by atoms with Gasteiger partial charge in [-0.1, -0.05) is 18.2 Å². The number of carbonyl (C=O) groups excluding carboxylic acids is 2. The van der Waals surface area contributed by atoms with Crippen molar-refractivity contribution < 1.29 is 14.3 Å². The van der Waals surface area contributed by atoms with Crippen LogP contribution in [0.25, 0.3) is 0 Å². The Bertz CT molecular complexity index is 935. The minimum atomic E-state index is -0.359. The summed E-state index contributed by atoms with van der Waals surface area (Å²) in [5, 5.41) is 3.17. The van der Waals surface area contributed by atoms with Crippen LogP contribution in [0.15, 0.2) is 42.5 Å². The summed E-state index contributed by atoms with van der Waals surface area (Å²) >= 11 is 0. The molecule has 2 aromatic carbocycles. The molecule has 0 saturated carbocycles. The van der Waals surface area contributed by atoms with E-state index in [9.17, 15) is 9.59 Å². The molecule has 1 atom stereocenters. The van der Waals surface area contributed by atoms with E-state index in [4.69, 9.17) is 4.74 Å². The van der Waals surface area contributed by atoms with E-state index in [1.54, 1.807) is 17.0 Å². The Labute approximate surface area is 165 Å². The standard InChI is InChI=1S/C23H26N2O3/c1-15-9-10-18-19(14-23(2,3)28-20(18)12-15)24-22(27)16-6-4-7-17(13-16)25-11-5-8-21(25)26/h4,6-7,9-10,12-13,19H,5,8,11,14H2,1-3H3,(H,24,27). The highest BCUT2D eigenvalue weighted by Gasteiger charge is 2.34. The number of rotatable bonds is 3. The molecule has 1 N–H and O–H groups in total. The molecule has 146 valence electrons. The zero-order chi connectivity index (χ0) is 19.9. The van der Waals surface area contributed by atoms with Gasteiger partial charge >= 0.3 is 0 Å². The number of amides is 2. The minimum Gasteiger partial charge on any atom is -0.487 e. The Morgan fingerprint density at radius 3 is 2.79 bits per heavy atom. The molecule has 0 aliphatic carbocycles. The zero-order valence-electron chi connectivity index (χ0n) is 16.6. The number of anilines is 1. The van der Waals surface area contributed by atoms with Gasteiger partial charge in [0.15, 0.2) is 0 Å². The molecule has 2 amide bonds. The van der Waals surface area contributed by atoms with Gasteiger partial charge in [-0.15, -0.1) is 0 Å². The Morgan fingerprint density at radius 2 is 2.04 bits per heavy atom. The number of nitrogens with zero attached hydrogens (tertiary/aromatic N) is 1. The summed E-state index contributed by atoms with van der Waals surface area (Å²) in [5.74, 6) is 0.814. The lowest BCUT2D eigenvalue weighted by Crippen LogP contribution is -2.41. The van der Waals surface area contributed by atoms with Crippen LogP contribution in [0.1, 0.15) is 60.6 Å². The second kappa shape index (κ2) is 6.97. The van der Waals surface area contributed by atoms with Gasteiger partial charge in [-0.3, -0.25) is 9.59 Å². The first-order valence-corrected chi connectivity index (χ1v) is 9.83. The van der Waals surface area contributed by atoms with Crippen molar-refractivity contribution in [2.45, 2.75) is 51.7 Å². The molecule has 1 unspecified atom stereocenters. The molecule has 28 heavy (non-hydrogen) atoms. The first kappa shape index (κ1) is 18.5. The molecule has 1 saturated heterocycles. The summed E-state index contributed by atoms with van der Waals surface area (Å²) in [6, 6.07) is 13.3. The van der Waals surface area contributed by atoms with E-state index < -0.39 is 0 Å². The van der Waals surface area contributed by atoms with Crippen molar-refractivity contribution in [3.05, 3.63) is 59.2 Å². The highest BCUT2D eigenvalue weighted by atomic mass is 16.5. The summed E-state index contributed by atoms with van der Waals surface area (Å²) < 4.78 is 6.12. The number of benzene rings is 2. The molecule has 0 aromatic heterocycles. The van der Waals surface area contributed by atoms with Crippen LogP contribution in [-0.2, 0) is 4.79 Å². The van der Waals surface area contributed by atoms with E-state index in [2.05, 4.69) is 5.32 Å². The molecule has 0 radical (unpaired) electrons. The van der Waals surface area contributed by atoms with Gasteiger partial charge in [-0.2, -0.15) is 0 Å². The van der Waals surface area contributed by atoms with Crippen molar-refractivity contribution in [2.24, 2.45) is 0 Å². The van der Waals surface area contributed by atoms with Gasteiger partial charge in [-0.05, 0) is 57.0 Å². The van der Waals surface area contributed by atoms with Crippen molar-refractivity contribution in [2.75, 3.05) is 11.4 Å². The molecule has 5 heteroatoms. The second-order valence-corrected chi connectivity index (χ2v) is 8.33. The van der Waals surface area contributed by atoms with Gasteiger partial charge in [-0.25, -0.2) is 0 Å². The molecule has 0 bridgehead atoms. The summed E-state index contributed by atoms with van der Waals surface area (Å²) in [6.45, 7) is 6.82. The average molecular weight is 378 g/mol. The van der Waals surface area contributed by atoms with Crippen LogP contribution >= 0.6 is 0 Å². The first-order chi connectivity index (χ1) is 13.3. The lowest BCUT2D eigenvalue weighted by atomic mass is 9.89. The second-order valence-electron chi connectivity index (χ2n) is 8.33. The van der Waals surface area contributed by atoms with Gasteiger partial charge in [0.1, 0.15) is 11.4 Å². The van der Waals surface area contributed by atoms with Crippen LogP contribution < -0.4 is 15.0 Å². The minimum absolute atomic E-state index is 0.119. The van der Waals surface area contributed by atoms with Gasteiger partial charge in [0.05, 0.1) is 6.04 Å². The summed E-state index contributed by atoms with van der Waals surface area (Å²) in [4.78, 5) is 26.8. The maximum absolute atomic E-state index is 13.0. The van der Waals surface area contributed by atoms with E-state index in [-0.39, 0.29) is 23.5 Å². The Kier molecular flexibility index (Phi) is 4.61. The number of nitrogens with one attached hydrogen (secondary N) is 1. The summed E-state index contributed by atoms with van der Waals surface area (Å²) in [7, 11) is 0. The van der Waals surface area contributed by atoms with Crippen molar-refractivity contribution in [1.29, 1.82) is 0 Å². The molecule has 2 aliphatic rings. The van der Waals surface area contributed by atoms with Crippen LogP contribution in [0.4, 0.5) is 5.69 Å². The van der Waals surface area contributed by atoms with Crippen molar-refractivity contribution in [3.63, 3.8) is 0 Å².